The Morgan fingerprint density at radius 1 is 1.14 bits per heavy atom. The average Bonchev–Trinajstić information content (AvgIpc) is 3.17. The highest BCUT2D eigenvalue weighted by Crippen LogP contribution is 2.40. The van der Waals surface area contributed by atoms with Gasteiger partial charge in [-0.05, 0) is 36.3 Å². The summed E-state index contributed by atoms with van der Waals surface area (Å²) < 4.78 is 17.0. The molecule has 1 heterocycles. The zero-order chi connectivity index (χ0) is 19.9. The highest BCUT2D eigenvalue weighted by atomic mass is 32.1. The number of ether oxygens (including phenoxy) is 3. The van der Waals surface area contributed by atoms with Crippen LogP contribution >= 0.6 is 11.3 Å². The van der Waals surface area contributed by atoms with Gasteiger partial charge in [0.25, 0.3) is 0 Å². The molecule has 0 unspecified atom stereocenters. The number of allylic oxidation sites excluding steroid dienone is 1. The molecule has 0 atom stereocenters. The summed E-state index contributed by atoms with van der Waals surface area (Å²) in [6, 6.07) is 15.7. The maximum atomic E-state index is 9.53. The van der Waals surface area contributed by atoms with Gasteiger partial charge in [-0.25, -0.2) is 4.98 Å². The fourth-order valence-electron chi connectivity index (χ4n) is 2.64. The Bertz CT molecular complexity index is 995. The third-order valence-electron chi connectivity index (χ3n) is 3.99. The lowest BCUT2D eigenvalue weighted by molar-refractivity contribution is 0.266. The Morgan fingerprint density at radius 2 is 1.82 bits per heavy atom. The summed E-state index contributed by atoms with van der Waals surface area (Å²) in [6.07, 6.45) is 1.77. The van der Waals surface area contributed by atoms with Crippen molar-refractivity contribution in [2.75, 3.05) is 14.2 Å². The van der Waals surface area contributed by atoms with Gasteiger partial charge in [0.2, 0.25) is 5.75 Å². The van der Waals surface area contributed by atoms with Gasteiger partial charge in [-0.1, -0.05) is 30.3 Å². The first-order valence-electron chi connectivity index (χ1n) is 8.61. The molecule has 0 bridgehead atoms. The Kier molecular flexibility index (Phi) is 6.30. The van der Waals surface area contributed by atoms with Crippen molar-refractivity contribution in [3.05, 3.63) is 69.7 Å². The number of rotatable bonds is 7. The normalized spacial score (nSPS) is 11.0. The van der Waals surface area contributed by atoms with Crippen molar-refractivity contribution in [2.24, 2.45) is 0 Å². The van der Waals surface area contributed by atoms with Crippen molar-refractivity contribution in [1.82, 2.24) is 4.98 Å². The van der Waals surface area contributed by atoms with Crippen LogP contribution < -0.4 is 14.2 Å². The summed E-state index contributed by atoms with van der Waals surface area (Å²) in [5, 5.41) is 12.1. The van der Waals surface area contributed by atoms with Crippen LogP contribution in [-0.2, 0) is 6.61 Å². The number of thiazole rings is 1. The molecule has 6 heteroatoms. The molecule has 0 N–H and O–H groups in total. The smallest absolute Gasteiger partial charge is 0.203 e. The number of hydrogen-bond acceptors (Lipinski definition) is 6. The molecule has 3 rings (SSSR count). The predicted octanol–water partition coefficient (Wildman–Crippen LogP) is 5.11. The van der Waals surface area contributed by atoms with Crippen molar-refractivity contribution in [1.29, 1.82) is 5.26 Å². The molecule has 2 aromatic carbocycles. The fourth-order valence-corrected chi connectivity index (χ4v) is 3.40. The Labute approximate surface area is 168 Å². The first-order chi connectivity index (χ1) is 13.6. The van der Waals surface area contributed by atoms with Crippen LogP contribution in [0.2, 0.25) is 0 Å². The number of nitrogens with zero attached hydrogens (tertiary/aromatic N) is 2. The zero-order valence-electron chi connectivity index (χ0n) is 15.9. The third-order valence-corrected chi connectivity index (χ3v) is 4.98. The molecule has 0 aliphatic heterocycles. The van der Waals surface area contributed by atoms with Crippen molar-refractivity contribution < 1.29 is 14.2 Å². The van der Waals surface area contributed by atoms with Crippen LogP contribution in [0.3, 0.4) is 0 Å². The van der Waals surface area contributed by atoms with E-state index < -0.39 is 0 Å². The summed E-state index contributed by atoms with van der Waals surface area (Å²) >= 11 is 1.44. The van der Waals surface area contributed by atoms with Crippen molar-refractivity contribution in [2.45, 2.75) is 13.5 Å². The van der Waals surface area contributed by atoms with Crippen LogP contribution in [0.4, 0.5) is 0 Å². The molecule has 5 nitrogen and oxygen atoms in total. The van der Waals surface area contributed by atoms with E-state index in [4.69, 9.17) is 14.2 Å². The van der Waals surface area contributed by atoms with Gasteiger partial charge >= 0.3 is 0 Å². The van der Waals surface area contributed by atoms with Crippen molar-refractivity contribution in [3.8, 4) is 23.3 Å². The molecule has 0 saturated heterocycles. The summed E-state index contributed by atoms with van der Waals surface area (Å²) in [4.78, 5) is 4.38. The summed E-state index contributed by atoms with van der Waals surface area (Å²) in [6.45, 7) is 2.30. The van der Waals surface area contributed by atoms with Gasteiger partial charge in [0, 0.05) is 11.1 Å². The van der Waals surface area contributed by atoms with E-state index in [9.17, 15) is 5.26 Å². The summed E-state index contributed by atoms with van der Waals surface area (Å²) in [5.41, 5.74) is 3.19. The number of nitriles is 1. The maximum Gasteiger partial charge on any atom is 0.203 e. The lowest BCUT2D eigenvalue weighted by Crippen LogP contribution is -2.00. The number of benzene rings is 2. The Balaban J connectivity index is 1.94. The van der Waals surface area contributed by atoms with Crippen LogP contribution in [0.25, 0.3) is 11.6 Å². The van der Waals surface area contributed by atoms with Gasteiger partial charge in [-0.15, -0.1) is 11.3 Å². The number of hydrogen-bond donors (Lipinski definition) is 0. The molecule has 3 aromatic rings. The maximum absolute atomic E-state index is 9.53. The minimum absolute atomic E-state index is 0.393. The molecule has 142 valence electrons. The van der Waals surface area contributed by atoms with Gasteiger partial charge in [0.15, 0.2) is 11.5 Å². The minimum atomic E-state index is 0.393. The summed E-state index contributed by atoms with van der Waals surface area (Å²) in [7, 11) is 3.15. The van der Waals surface area contributed by atoms with Gasteiger partial charge in [-0.2, -0.15) is 5.26 Å². The first kappa shape index (κ1) is 19.5. The zero-order valence-corrected chi connectivity index (χ0v) is 16.7. The van der Waals surface area contributed by atoms with Crippen molar-refractivity contribution in [3.63, 3.8) is 0 Å². The Morgan fingerprint density at radius 3 is 2.36 bits per heavy atom. The van der Waals surface area contributed by atoms with Crippen LogP contribution in [0, 0.1) is 18.3 Å². The van der Waals surface area contributed by atoms with Crippen molar-refractivity contribution >= 4 is 23.0 Å². The molecular formula is C22H20N2O3S. The highest BCUT2D eigenvalue weighted by molar-refractivity contribution is 7.11. The van der Waals surface area contributed by atoms with Crippen LogP contribution in [0.15, 0.2) is 47.8 Å². The lowest BCUT2D eigenvalue weighted by Gasteiger charge is -2.15. The average molecular weight is 392 g/mol. The monoisotopic (exact) mass is 392 g/mol. The molecule has 0 amide bonds. The van der Waals surface area contributed by atoms with E-state index in [-0.39, 0.29) is 0 Å². The van der Waals surface area contributed by atoms with E-state index in [1.54, 1.807) is 20.3 Å². The standard InChI is InChI=1S/C22H20N2O3S/c1-15-14-28-22(24-15)18(12-23)9-17-10-19(25-2)21(20(11-17)26-3)27-13-16-7-5-4-6-8-16/h4-11,14H,13H2,1-3H3/b18-9-. The minimum Gasteiger partial charge on any atom is -0.493 e. The quantitative estimate of drug-likeness (QED) is 0.523. The largest absolute Gasteiger partial charge is 0.493 e. The number of methoxy groups -OCH3 is 2. The van der Waals surface area contributed by atoms with Gasteiger partial charge in [0.05, 0.1) is 19.8 Å². The van der Waals surface area contributed by atoms with Gasteiger partial charge in [-0.3, -0.25) is 0 Å². The molecule has 28 heavy (non-hydrogen) atoms. The lowest BCUT2D eigenvalue weighted by atomic mass is 10.1. The van der Waals surface area contributed by atoms with E-state index in [1.807, 2.05) is 54.8 Å². The molecule has 0 fully saturated rings. The Hall–Kier alpha value is -3.30. The SMILES string of the molecule is COc1cc(/C=C(/C#N)c2nc(C)cs2)cc(OC)c1OCc1ccccc1. The van der Waals surface area contributed by atoms with E-state index in [1.165, 1.54) is 11.3 Å². The van der Waals surface area contributed by atoms with Crippen LogP contribution in [0.5, 0.6) is 17.2 Å². The molecule has 0 radical (unpaired) electrons. The molecule has 0 spiro atoms. The molecule has 1 aromatic heterocycles. The molecule has 0 aliphatic rings. The molecule has 0 saturated carbocycles. The second-order valence-corrected chi connectivity index (χ2v) is 6.85. The van der Waals surface area contributed by atoms with E-state index in [0.717, 1.165) is 16.8 Å². The predicted molar refractivity (Wildman–Crippen MR) is 111 cm³/mol. The highest BCUT2D eigenvalue weighted by Gasteiger charge is 2.15. The van der Waals surface area contributed by atoms with E-state index in [0.29, 0.717) is 34.4 Å². The molecule has 0 aliphatic carbocycles. The second-order valence-electron chi connectivity index (χ2n) is 5.99. The summed E-state index contributed by atoms with van der Waals surface area (Å²) in [5.74, 6) is 1.60. The van der Waals surface area contributed by atoms with Gasteiger partial charge < -0.3 is 14.2 Å². The first-order valence-corrected chi connectivity index (χ1v) is 9.49. The van der Waals surface area contributed by atoms with Crippen LogP contribution in [0.1, 0.15) is 21.8 Å². The van der Waals surface area contributed by atoms with Crippen LogP contribution in [-0.4, -0.2) is 19.2 Å². The number of aryl methyl sites for hydroxylation is 1. The van der Waals surface area contributed by atoms with E-state index >= 15 is 0 Å². The van der Waals surface area contributed by atoms with Gasteiger partial charge in [0.1, 0.15) is 17.7 Å². The third kappa shape index (κ3) is 4.51. The second kappa shape index (κ2) is 9.07. The molecular weight excluding hydrogens is 372 g/mol. The van der Waals surface area contributed by atoms with E-state index in [2.05, 4.69) is 11.1 Å². The number of aromatic nitrogens is 1. The topological polar surface area (TPSA) is 64.4 Å². The fraction of sp³-hybridized carbons (Fsp3) is 0.182.